The smallest absolute Gasteiger partial charge is 0.213 e. The van der Waals surface area contributed by atoms with E-state index in [0.717, 1.165) is 0 Å². The maximum absolute atomic E-state index is 5.40. The van der Waals surface area contributed by atoms with Crippen LogP contribution in [-0.4, -0.2) is 24.7 Å². The van der Waals surface area contributed by atoms with Crippen LogP contribution in [0.5, 0.6) is 11.6 Å². The molecular weight excluding hydrogens is 168 g/mol. The molecule has 0 spiro atoms. The highest BCUT2D eigenvalue weighted by Crippen LogP contribution is 2.13. The monoisotopic (exact) mass is 182 g/mol. The van der Waals surface area contributed by atoms with Gasteiger partial charge in [0.25, 0.3) is 0 Å². The lowest BCUT2D eigenvalue weighted by Gasteiger charge is -2.11. The molecule has 0 bridgehead atoms. The van der Waals surface area contributed by atoms with Crippen LogP contribution in [0.2, 0.25) is 0 Å². The molecule has 0 unspecified atom stereocenters. The number of ether oxygens (including phenoxy) is 2. The predicted molar refractivity (Wildman–Crippen MR) is 49.9 cm³/mol. The van der Waals surface area contributed by atoms with Gasteiger partial charge >= 0.3 is 0 Å². The number of hydrogen-bond donors (Lipinski definition) is 1. The topological polar surface area (TPSA) is 57.4 Å². The van der Waals surface area contributed by atoms with Gasteiger partial charge in [-0.3, -0.25) is 0 Å². The van der Waals surface area contributed by atoms with Gasteiger partial charge in [0.05, 0.1) is 13.3 Å². The summed E-state index contributed by atoms with van der Waals surface area (Å²) in [5.41, 5.74) is 5.40. The molecule has 0 radical (unpaired) electrons. The van der Waals surface area contributed by atoms with Crippen molar-refractivity contribution in [3.05, 3.63) is 18.3 Å². The van der Waals surface area contributed by atoms with Crippen molar-refractivity contribution in [1.82, 2.24) is 4.98 Å². The van der Waals surface area contributed by atoms with Gasteiger partial charge in [0.2, 0.25) is 5.88 Å². The van der Waals surface area contributed by atoms with E-state index in [9.17, 15) is 0 Å². The Balaban J connectivity index is 2.58. The average molecular weight is 182 g/mol. The highest BCUT2D eigenvalue weighted by atomic mass is 16.5. The summed E-state index contributed by atoms with van der Waals surface area (Å²) in [6.45, 7) is 2.37. The minimum Gasteiger partial charge on any atom is -0.495 e. The molecule has 0 amide bonds. The van der Waals surface area contributed by atoms with E-state index in [-0.39, 0.29) is 6.10 Å². The maximum atomic E-state index is 5.40. The summed E-state index contributed by atoms with van der Waals surface area (Å²) >= 11 is 0. The van der Waals surface area contributed by atoms with E-state index in [0.29, 0.717) is 18.2 Å². The molecule has 0 fully saturated rings. The molecule has 0 aliphatic carbocycles. The van der Waals surface area contributed by atoms with Crippen LogP contribution in [-0.2, 0) is 0 Å². The summed E-state index contributed by atoms with van der Waals surface area (Å²) in [4.78, 5) is 4.03. The van der Waals surface area contributed by atoms with Crippen molar-refractivity contribution in [1.29, 1.82) is 0 Å². The third kappa shape index (κ3) is 2.91. The van der Waals surface area contributed by atoms with E-state index in [1.54, 1.807) is 25.4 Å². The quantitative estimate of drug-likeness (QED) is 0.748. The minimum atomic E-state index is -0.0131. The summed E-state index contributed by atoms with van der Waals surface area (Å²) in [7, 11) is 1.60. The molecule has 1 heterocycles. The number of rotatable bonds is 4. The van der Waals surface area contributed by atoms with Gasteiger partial charge in [-0.1, -0.05) is 0 Å². The van der Waals surface area contributed by atoms with Crippen molar-refractivity contribution < 1.29 is 9.47 Å². The van der Waals surface area contributed by atoms with Crippen molar-refractivity contribution in [2.45, 2.75) is 13.0 Å². The molecule has 13 heavy (non-hydrogen) atoms. The second-order valence-corrected chi connectivity index (χ2v) is 2.70. The second kappa shape index (κ2) is 4.67. The van der Waals surface area contributed by atoms with Gasteiger partial charge in [-0.25, -0.2) is 4.98 Å². The minimum absolute atomic E-state index is 0.0131. The molecule has 4 nitrogen and oxygen atoms in total. The summed E-state index contributed by atoms with van der Waals surface area (Å²) < 4.78 is 10.3. The van der Waals surface area contributed by atoms with Crippen molar-refractivity contribution in [3.63, 3.8) is 0 Å². The molecule has 1 aromatic rings. The molecule has 1 aromatic heterocycles. The van der Waals surface area contributed by atoms with Crippen LogP contribution in [0.15, 0.2) is 18.3 Å². The zero-order valence-electron chi connectivity index (χ0n) is 7.86. The fourth-order valence-corrected chi connectivity index (χ4v) is 0.811. The summed E-state index contributed by atoms with van der Waals surface area (Å²) in [5, 5.41) is 0. The first-order chi connectivity index (χ1) is 6.26. The number of aromatic nitrogens is 1. The van der Waals surface area contributed by atoms with E-state index in [1.165, 1.54) is 0 Å². The Hall–Kier alpha value is -1.29. The van der Waals surface area contributed by atoms with Crippen LogP contribution < -0.4 is 15.2 Å². The lowest BCUT2D eigenvalue weighted by atomic mass is 10.4. The zero-order valence-corrected chi connectivity index (χ0v) is 7.86. The first-order valence-corrected chi connectivity index (χ1v) is 4.13. The Morgan fingerprint density at radius 1 is 1.54 bits per heavy atom. The van der Waals surface area contributed by atoms with Crippen molar-refractivity contribution >= 4 is 0 Å². The van der Waals surface area contributed by atoms with E-state index >= 15 is 0 Å². The third-order valence-corrected chi connectivity index (χ3v) is 1.60. The number of pyridine rings is 1. The van der Waals surface area contributed by atoms with Crippen LogP contribution in [0.3, 0.4) is 0 Å². The molecule has 0 aliphatic rings. The fourth-order valence-electron chi connectivity index (χ4n) is 0.811. The van der Waals surface area contributed by atoms with Crippen LogP contribution in [0, 0.1) is 0 Å². The standard InChI is InChI=1S/C9H14N2O2/c1-7(5-10)13-9-4-3-8(12-2)6-11-9/h3-4,6-7H,5,10H2,1-2H3/t7-/m1/s1. The van der Waals surface area contributed by atoms with Crippen LogP contribution in [0.4, 0.5) is 0 Å². The van der Waals surface area contributed by atoms with Crippen molar-refractivity contribution in [2.75, 3.05) is 13.7 Å². The van der Waals surface area contributed by atoms with Crippen molar-refractivity contribution in [2.24, 2.45) is 5.73 Å². The molecule has 0 saturated carbocycles. The van der Waals surface area contributed by atoms with E-state index in [1.807, 2.05) is 6.92 Å². The van der Waals surface area contributed by atoms with Gasteiger partial charge in [-0.05, 0) is 13.0 Å². The van der Waals surface area contributed by atoms with Crippen LogP contribution >= 0.6 is 0 Å². The van der Waals surface area contributed by atoms with Crippen LogP contribution in [0.1, 0.15) is 6.92 Å². The predicted octanol–water partition coefficient (Wildman–Crippen LogP) is 0.816. The lowest BCUT2D eigenvalue weighted by molar-refractivity contribution is 0.220. The van der Waals surface area contributed by atoms with Gasteiger partial charge in [-0.2, -0.15) is 0 Å². The van der Waals surface area contributed by atoms with Gasteiger partial charge in [0.15, 0.2) is 0 Å². The van der Waals surface area contributed by atoms with Gasteiger partial charge in [0.1, 0.15) is 11.9 Å². The van der Waals surface area contributed by atoms with Gasteiger partial charge < -0.3 is 15.2 Å². The third-order valence-electron chi connectivity index (χ3n) is 1.60. The molecule has 0 aliphatic heterocycles. The van der Waals surface area contributed by atoms with E-state index in [4.69, 9.17) is 15.2 Å². The molecule has 1 rings (SSSR count). The molecule has 1 atom stereocenters. The zero-order chi connectivity index (χ0) is 9.68. The Morgan fingerprint density at radius 3 is 2.77 bits per heavy atom. The molecule has 0 aromatic carbocycles. The highest BCUT2D eigenvalue weighted by molar-refractivity contribution is 5.22. The number of hydrogen-bond acceptors (Lipinski definition) is 4. The molecule has 4 heteroatoms. The Labute approximate surface area is 77.7 Å². The average Bonchev–Trinajstić information content (AvgIpc) is 2.19. The van der Waals surface area contributed by atoms with E-state index < -0.39 is 0 Å². The lowest BCUT2D eigenvalue weighted by Crippen LogP contribution is -2.23. The first kappa shape index (κ1) is 9.80. The Kier molecular flexibility index (Phi) is 3.52. The largest absolute Gasteiger partial charge is 0.495 e. The molecule has 72 valence electrons. The summed E-state index contributed by atoms with van der Waals surface area (Å²) in [6.07, 6.45) is 1.60. The molecule has 0 saturated heterocycles. The van der Waals surface area contributed by atoms with Gasteiger partial charge in [-0.15, -0.1) is 0 Å². The molecule has 2 N–H and O–H groups in total. The van der Waals surface area contributed by atoms with Gasteiger partial charge in [0, 0.05) is 12.6 Å². The fraction of sp³-hybridized carbons (Fsp3) is 0.444. The number of nitrogens with two attached hydrogens (primary N) is 1. The number of methoxy groups -OCH3 is 1. The summed E-state index contributed by atoms with van der Waals surface area (Å²) in [5.74, 6) is 1.28. The Morgan fingerprint density at radius 2 is 2.31 bits per heavy atom. The van der Waals surface area contributed by atoms with Crippen molar-refractivity contribution in [3.8, 4) is 11.6 Å². The Bertz CT molecular complexity index is 248. The molecular formula is C9H14N2O2. The second-order valence-electron chi connectivity index (χ2n) is 2.70. The summed E-state index contributed by atoms with van der Waals surface area (Å²) in [6, 6.07) is 3.55. The maximum Gasteiger partial charge on any atom is 0.213 e. The highest BCUT2D eigenvalue weighted by Gasteiger charge is 2.01. The number of nitrogens with zero attached hydrogens (tertiary/aromatic N) is 1. The normalized spacial score (nSPS) is 12.2. The van der Waals surface area contributed by atoms with E-state index in [2.05, 4.69) is 4.98 Å². The SMILES string of the molecule is COc1ccc(O[C@H](C)CN)nc1. The van der Waals surface area contributed by atoms with Crippen LogP contribution in [0.25, 0.3) is 0 Å². The first-order valence-electron chi connectivity index (χ1n) is 4.13.